The molecule has 0 fully saturated rings. The Bertz CT molecular complexity index is 1290. The molecule has 3 rings (SSSR count). The van der Waals surface area contributed by atoms with Crippen molar-refractivity contribution >= 4 is 80.0 Å². The van der Waals surface area contributed by atoms with Crippen LogP contribution in [0.3, 0.4) is 0 Å². The minimum absolute atomic E-state index is 0.0586. The highest BCUT2D eigenvalue weighted by atomic mass is 127. The van der Waals surface area contributed by atoms with Crippen LogP contribution in [0.1, 0.15) is 33.0 Å². The second-order valence-corrected chi connectivity index (χ2v) is 10.0. The maximum Gasteiger partial charge on any atom is 0.416 e. The van der Waals surface area contributed by atoms with Gasteiger partial charge in [0.25, 0.3) is 5.91 Å². The Balaban J connectivity index is 2.05. The van der Waals surface area contributed by atoms with Crippen molar-refractivity contribution < 1.29 is 23.1 Å². The van der Waals surface area contributed by atoms with Crippen LogP contribution in [-0.4, -0.2) is 11.0 Å². The topological polar surface area (TPSA) is 73.1 Å². The molecule has 0 spiro atoms. The summed E-state index contributed by atoms with van der Waals surface area (Å²) in [7, 11) is 0. The summed E-state index contributed by atoms with van der Waals surface area (Å²) in [6.07, 6.45) is -4.82. The number of aromatic hydroxyl groups is 1. The molecule has 11 heteroatoms. The van der Waals surface area contributed by atoms with Crippen LogP contribution in [0.25, 0.3) is 0 Å². The van der Waals surface area contributed by atoms with Crippen molar-refractivity contribution in [2.24, 2.45) is 0 Å². The van der Waals surface area contributed by atoms with E-state index in [9.17, 15) is 28.3 Å². The van der Waals surface area contributed by atoms with Gasteiger partial charge in [-0.15, -0.1) is 0 Å². The summed E-state index contributed by atoms with van der Waals surface area (Å²) in [6.45, 7) is 0. The quantitative estimate of drug-likeness (QED) is 0.271. The monoisotopic (exact) mass is 716 g/mol. The summed E-state index contributed by atoms with van der Waals surface area (Å²) in [5.74, 6) is -2.37. The van der Waals surface area contributed by atoms with Crippen LogP contribution in [-0.2, 0) is 6.18 Å². The number of alkyl halides is 3. The van der Waals surface area contributed by atoms with Gasteiger partial charge >= 0.3 is 6.18 Å². The number of benzene rings is 3. The molecule has 170 valence electrons. The van der Waals surface area contributed by atoms with E-state index >= 15 is 0 Å². The molecule has 0 bridgehead atoms. The van der Waals surface area contributed by atoms with Crippen molar-refractivity contribution in [2.75, 3.05) is 5.32 Å². The van der Waals surface area contributed by atoms with Gasteiger partial charge < -0.3 is 10.4 Å². The number of phenolic OH excluding ortho intramolecular Hbond substituents is 1. The van der Waals surface area contributed by atoms with Crippen molar-refractivity contribution in [3.05, 3.63) is 88.0 Å². The third kappa shape index (κ3) is 5.85. The van der Waals surface area contributed by atoms with Crippen LogP contribution >= 0.6 is 68.4 Å². The van der Waals surface area contributed by atoms with Crippen LogP contribution < -0.4 is 5.32 Å². The fraction of sp³-hybridized carbons (Fsp3) is 0.0909. The van der Waals surface area contributed by atoms with Crippen LogP contribution in [0.4, 0.5) is 18.9 Å². The summed E-state index contributed by atoms with van der Waals surface area (Å²) in [6, 6.07) is 12.2. The SMILES string of the molecule is N#CC(c1ccc(Cl)cc1Cl)c1ccc(NC(=O)c2cc(I)cc(I)c2O)cc1C(F)(F)F. The first-order valence-electron chi connectivity index (χ1n) is 8.97. The van der Waals surface area contributed by atoms with Gasteiger partial charge in [-0.3, -0.25) is 4.79 Å². The lowest BCUT2D eigenvalue weighted by Gasteiger charge is -2.19. The zero-order valence-corrected chi connectivity index (χ0v) is 22.0. The molecule has 0 heterocycles. The minimum Gasteiger partial charge on any atom is -0.506 e. The van der Waals surface area contributed by atoms with E-state index in [0.717, 1.165) is 12.1 Å². The van der Waals surface area contributed by atoms with E-state index in [-0.39, 0.29) is 38.2 Å². The number of hydrogen-bond donors (Lipinski definition) is 2. The molecule has 0 saturated heterocycles. The highest BCUT2D eigenvalue weighted by molar-refractivity contribution is 14.1. The zero-order chi connectivity index (χ0) is 24.5. The fourth-order valence-electron chi connectivity index (χ4n) is 3.11. The highest BCUT2D eigenvalue weighted by Crippen LogP contribution is 2.41. The van der Waals surface area contributed by atoms with Gasteiger partial charge in [0, 0.05) is 19.3 Å². The van der Waals surface area contributed by atoms with E-state index in [1.807, 2.05) is 51.3 Å². The zero-order valence-electron chi connectivity index (χ0n) is 16.1. The number of phenols is 1. The Kier molecular flexibility index (Phi) is 8.03. The number of carbonyl (C=O) groups is 1. The molecular weight excluding hydrogens is 706 g/mol. The van der Waals surface area contributed by atoms with Crippen molar-refractivity contribution in [2.45, 2.75) is 12.1 Å². The van der Waals surface area contributed by atoms with Gasteiger partial charge in [-0.2, -0.15) is 18.4 Å². The first kappa shape index (κ1) is 25.9. The molecule has 33 heavy (non-hydrogen) atoms. The summed E-state index contributed by atoms with van der Waals surface area (Å²) in [5, 5.41) is 22.5. The highest BCUT2D eigenvalue weighted by Gasteiger charge is 2.36. The van der Waals surface area contributed by atoms with Gasteiger partial charge in [0.1, 0.15) is 5.75 Å². The number of hydrogen-bond acceptors (Lipinski definition) is 3. The second kappa shape index (κ2) is 10.2. The van der Waals surface area contributed by atoms with E-state index in [0.29, 0.717) is 7.14 Å². The Labute approximate surface area is 224 Å². The molecule has 0 aliphatic carbocycles. The van der Waals surface area contributed by atoms with Crippen molar-refractivity contribution in [1.29, 1.82) is 5.26 Å². The fourth-order valence-corrected chi connectivity index (χ4v) is 5.47. The Morgan fingerprint density at radius 3 is 2.33 bits per heavy atom. The van der Waals surface area contributed by atoms with Gasteiger partial charge in [-0.05, 0) is 92.7 Å². The summed E-state index contributed by atoms with van der Waals surface area (Å²) in [5.41, 5.74) is -1.47. The molecule has 0 aromatic heterocycles. The molecule has 0 aliphatic heterocycles. The lowest BCUT2D eigenvalue weighted by molar-refractivity contribution is -0.138. The first-order chi connectivity index (χ1) is 15.4. The molecule has 3 aromatic carbocycles. The number of nitrogens with one attached hydrogen (secondary N) is 1. The van der Waals surface area contributed by atoms with Crippen molar-refractivity contribution in [1.82, 2.24) is 0 Å². The molecule has 3 aromatic rings. The summed E-state index contributed by atoms with van der Waals surface area (Å²) in [4.78, 5) is 12.6. The maximum absolute atomic E-state index is 13.9. The van der Waals surface area contributed by atoms with Gasteiger partial charge in [0.2, 0.25) is 0 Å². The number of carbonyl (C=O) groups excluding carboxylic acids is 1. The molecular formula is C22H11Cl2F3I2N2O2. The van der Waals surface area contributed by atoms with E-state index in [1.54, 1.807) is 6.07 Å². The van der Waals surface area contributed by atoms with Crippen molar-refractivity contribution in [3.8, 4) is 11.8 Å². The number of nitriles is 1. The van der Waals surface area contributed by atoms with E-state index in [1.165, 1.54) is 30.3 Å². The Morgan fingerprint density at radius 2 is 1.73 bits per heavy atom. The number of rotatable bonds is 4. The summed E-state index contributed by atoms with van der Waals surface area (Å²) >= 11 is 15.8. The van der Waals surface area contributed by atoms with Crippen LogP contribution in [0.15, 0.2) is 48.5 Å². The van der Waals surface area contributed by atoms with Crippen LogP contribution in [0.5, 0.6) is 5.75 Å². The molecule has 0 saturated carbocycles. The van der Waals surface area contributed by atoms with Gasteiger partial charge in [0.15, 0.2) is 0 Å². The predicted molar refractivity (Wildman–Crippen MR) is 137 cm³/mol. The minimum atomic E-state index is -4.82. The maximum atomic E-state index is 13.9. The lowest BCUT2D eigenvalue weighted by atomic mass is 9.88. The largest absolute Gasteiger partial charge is 0.506 e. The average Bonchev–Trinajstić information content (AvgIpc) is 2.72. The Morgan fingerprint density at radius 1 is 1.06 bits per heavy atom. The number of amides is 1. The van der Waals surface area contributed by atoms with E-state index in [2.05, 4.69) is 5.32 Å². The molecule has 1 unspecified atom stereocenters. The first-order valence-corrected chi connectivity index (χ1v) is 11.9. The number of halogens is 7. The molecule has 0 aliphatic rings. The van der Waals surface area contributed by atoms with Gasteiger partial charge in [-0.1, -0.05) is 35.3 Å². The van der Waals surface area contributed by atoms with E-state index in [4.69, 9.17) is 23.2 Å². The Hall–Kier alpha value is -1.75. The smallest absolute Gasteiger partial charge is 0.416 e. The number of nitrogens with zero attached hydrogens (tertiary/aromatic N) is 1. The molecule has 2 N–H and O–H groups in total. The van der Waals surface area contributed by atoms with Crippen molar-refractivity contribution in [3.63, 3.8) is 0 Å². The molecule has 4 nitrogen and oxygen atoms in total. The third-order valence-electron chi connectivity index (χ3n) is 4.60. The summed E-state index contributed by atoms with van der Waals surface area (Å²) < 4.78 is 42.8. The normalized spacial score (nSPS) is 12.2. The average molecular weight is 717 g/mol. The lowest BCUT2D eigenvalue weighted by Crippen LogP contribution is -2.16. The third-order valence-corrected chi connectivity index (χ3v) is 6.61. The molecule has 0 radical (unpaired) electrons. The number of anilines is 1. The van der Waals surface area contributed by atoms with Crippen LogP contribution in [0.2, 0.25) is 10.0 Å². The molecule has 1 atom stereocenters. The molecule has 1 amide bonds. The predicted octanol–water partition coefficient (Wildman–Crippen LogP) is 7.83. The van der Waals surface area contributed by atoms with Gasteiger partial charge in [0.05, 0.1) is 26.7 Å². The standard InChI is InChI=1S/C22H11Cl2F3I2N2O2/c23-10-1-3-14(18(24)5-10)16(9-30)13-4-2-12(8-17(13)22(25,26)27)31-21(33)15-6-11(28)7-19(29)20(15)32/h1-8,16,32H,(H,31,33). The second-order valence-electron chi connectivity index (χ2n) is 6.77. The van der Waals surface area contributed by atoms with Crippen LogP contribution in [0, 0.1) is 18.5 Å². The van der Waals surface area contributed by atoms with Gasteiger partial charge in [-0.25, -0.2) is 0 Å². The van der Waals surface area contributed by atoms with E-state index < -0.39 is 23.6 Å².